The van der Waals surface area contributed by atoms with Crippen molar-refractivity contribution in [1.29, 1.82) is 0 Å². The molecule has 0 aliphatic carbocycles. The molecule has 9 heteroatoms. The molecule has 0 bridgehead atoms. The van der Waals surface area contributed by atoms with Crippen LogP contribution in [0, 0.1) is 0 Å². The van der Waals surface area contributed by atoms with E-state index in [1.54, 1.807) is 31.4 Å². The zero-order chi connectivity index (χ0) is 19.3. The number of hydrogen-bond donors (Lipinski definition) is 2. The van der Waals surface area contributed by atoms with Gasteiger partial charge in [0.15, 0.2) is 9.84 Å². The summed E-state index contributed by atoms with van der Waals surface area (Å²) >= 11 is 7.10. The van der Waals surface area contributed by atoms with Crippen LogP contribution in [-0.2, 0) is 19.4 Å². The Hall–Kier alpha value is -1.90. The fraction of sp³-hybridized carbons (Fsp3) is 0.294. The van der Waals surface area contributed by atoms with E-state index in [9.17, 15) is 18.0 Å². The van der Waals surface area contributed by atoms with Gasteiger partial charge >= 0.3 is 11.8 Å². The Morgan fingerprint density at radius 1 is 1.12 bits per heavy atom. The van der Waals surface area contributed by atoms with Gasteiger partial charge in [-0.2, -0.15) is 0 Å². The molecule has 2 N–H and O–H groups in total. The van der Waals surface area contributed by atoms with Crippen LogP contribution in [0.1, 0.15) is 24.0 Å². The third kappa shape index (κ3) is 5.06. The molecule has 140 valence electrons. The third-order valence-electron chi connectivity index (χ3n) is 3.45. The van der Waals surface area contributed by atoms with Gasteiger partial charge in [-0.05, 0) is 49.6 Å². The van der Waals surface area contributed by atoms with E-state index in [-0.39, 0.29) is 17.5 Å². The summed E-state index contributed by atoms with van der Waals surface area (Å²) in [4.78, 5) is 24.3. The third-order valence-corrected chi connectivity index (χ3v) is 6.94. The van der Waals surface area contributed by atoms with Crippen LogP contribution in [0.15, 0.2) is 46.7 Å². The molecular weight excluding hydrogens is 396 g/mol. The quantitative estimate of drug-likeness (QED) is 0.710. The number of nitrogens with one attached hydrogen (secondary N) is 2. The first-order valence-corrected chi connectivity index (χ1v) is 10.6. The molecular formula is C17H19ClN2O4S2. The lowest BCUT2D eigenvalue weighted by Gasteiger charge is -2.17. The Morgan fingerprint density at radius 3 is 2.31 bits per heavy atom. The van der Waals surface area contributed by atoms with Crippen molar-refractivity contribution in [3.8, 4) is 0 Å². The highest BCUT2D eigenvalue weighted by atomic mass is 35.5. The second-order valence-electron chi connectivity index (χ2n) is 5.84. The molecule has 2 amide bonds. The fourth-order valence-electron chi connectivity index (χ4n) is 2.22. The molecule has 1 heterocycles. The SMILES string of the molecule is CC(C)NC(=O)C(=O)NCC(c1cccs1)S(=O)(=O)c1ccc(Cl)cc1. The van der Waals surface area contributed by atoms with Crippen molar-refractivity contribution in [2.24, 2.45) is 0 Å². The normalized spacial score (nSPS) is 12.6. The molecule has 0 aliphatic heterocycles. The largest absolute Gasteiger partial charge is 0.346 e. The van der Waals surface area contributed by atoms with Gasteiger partial charge in [-0.25, -0.2) is 8.42 Å². The number of benzene rings is 1. The number of carbonyl (C=O) groups excluding carboxylic acids is 2. The summed E-state index contributed by atoms with van der Waals surface area (Å²) in [5, 5.41) is 6.06. The van der Waals surface area contributed by atoms with E-state index in [0.29, 0.717) is 9.90 Å². The van der Waals surface area contributed by atoms with Gasteiger partial charge in [-0.3, -0.25) is 9.59 Å². The first-order chi connectivity index (χ1) is 12.2. The summed E-state index contributed by atoms with van der Waals surface area (Å²) in [5.74, 6) is -1.67. The van der Waals surface area contributed by atoms with Crippen molar-refractivity contribution in [1.82, 2.24) is 10.6 Å². The summed E-state index contributed by atoms with van der Waals surface area (Å²) in [7, 11) is -3.78. The number of sulfone groups is 1. The van der Waals surface area contributed by atoms with Crippen LogP contribution in [0.5, 0.6) is 0 Å². The van der Waals surface area contributed by atoms with Crippen LogP contribution < -0.4 is 10.6 Å². The minimum atomic E-state index is -3.78. The predicted molar refractivity (Wildman–Crippen MR) is 102 cm³/mol. The number of thiophene rings is 1. The van der Waals surface area contributed by atoms with Crippen LogP contribution in [0.2, 0.25) is 5.02 Å². The van der Waals surface area contributed by atoms with Crippen LogP contribution in [-0.4, -0.2) is 32.8 Å². The maximum atomic E-state index is 13.0. The lowest BCUT2D eigenvalue weighted by molar-refractivity contribution is -0.139. The standard InChI is InChI=1S/C17H19ClN2O4S2/c1-11(2)20-17(22)16(21)19-10-15(14-4-3-9-25-14)26(23,24)13-7-5-12(18)6-8-13/h3-9,11,15H,10H2,1-2H3,(H,19,21)(H,20,22). The second kappa shape index (κ2) is 8.66. The molecule has 0 saturated carbocycles. The molecule has 6 nitrogen and oxygen atoms in total. The van der Waals surface area contributed by atoms with Crippen LogP contribution in [0.4, 0.5) is 0 Å². The monoisotopic (exact) mass is 414 g/mol. The summed E-state index contributed by atoms with van der Waals surface area (Å²) < 4.78 is 26.0. The molecule has 1 aromatic heterocycles. The highest BCUT2D eigenvalue weighted by Gasteiger charge is 2.31. The average Bonchev–Trinajstić information content (AvgIpc) is 3.08. The molecule has 0 spiro atoms. The Morgan fingerprint density at radius 2 is 1.77 bits per heavy atom. The van der Waals surface area contributed by atoms with Crippen molar-refractivity contribution < 1.29 is 18.0 Å². The number of rotatable bonds is 6. The zero-order valence-electron chi connectivity index (χ0n) is 14.2. The summed E-state index contributed by atoms with van der Waals surface area (Å²) in [6.45, 7) is 3.24. The topological polar surface area (TPSA) is 92.3 Å². The lowest BCUT2D eigenvalue weighted by Crippen LogP contribution is -2.44. The van der Waals surface area contributed by atoms with Gasteiger partial charge in [0.05, 0.1) is 4.90 Å². The van der Waals surface area contributed by atoms with Gasteiger partial charge in [-0.15, -0.1) is 11.3 Å². The van der Waals surface area contributed by atoms with Crippen molar-refractivity contribution in [2.45, 2.75) is 30.0 Å². The van der Waals surface area contributed by atoms with E-state index in [1.165, 1.54) is 35.6 Å². The van der Waals surface area contributed by atoms with E-state index < -0.39 is 26.9 Å². The van der Waals surface area contributed by atoms with Gasteiger partial charge in [-0.1, -0.05) is 17.7 Å². The van der Waals surface area contributed by atoms with E-state index in [4.69, 9.17) is 11.6 Å². The number of carbonyl (C=O) groups is 2. The van der Waals surface area contributed by atoms with Gasteiger partial charge in [0.1, 0.15) is 5.25 Å². The van der Waals surface area contributed by atoms with E-state index in [2.05, 4.69) is 10.6 Å². The predicted octanol–water partition coefficient (Wildman–Crippen LogP) is 2.56. The molecule has 1 unspecified atom stereocenters. The molecule has 26 heavy (non-hydrogen) atoms. The summed E-state index contributed by atoms with van der Waals surface area (Å²) in [6, 6.07) is 9.06. The number of hydrogen-bond acceptors (Lipinski definition) is 5. The molecule has 0 radical (unpaired) electrons. The van der Waals surface area contributed by atoms with E-state index in [0.717, 1.165) is 0 Å². The first kappa shape index (κ1) is 20.4. The Labute approximate surface area is 161 Å². The summed E-state index contributed by atoms with van der Waals surface area (Å²) in [6.07, 6.45) is 0. The van der Waals surface area contributed by atoms with Crippen molar-refractivity contribution in [3.63, 3.8) is 0 Å². The minimum Gasteiger partial charge on any atom is -0.346 e. The zero-order valence-corrected chi connectivity index (χ0v) is 16.6. The van der Waals surface area contributed by atoms with Crippen molar-refractivity contribution >= 4 is 44.6 Å². The minimum absolute atomic E-state index is 0.0983. The van der Waals surface area contributed by atoms with Crippen LogP contribution in [0.25, 0.3) is 0 Å². The Kier molecular flexibility index (Phi) is 6.80. The second-order valence-corrected chi connectivity index (χ2v) is 9.39. The van der Waals surface area contributed by atoms with Gasteiger partial charge < -0.3 is 10.6 Å². The smallest absolute Gasteiger partial charge is 0.309 e. The maximum Gasteiger partial charge on any atom is 0.309 e. The van der Waals surface area contributed by atoms with Crippen molar-refractivity contribution in [2.75, 3.05) is 6.54 Å². The molecule has 2 aromatic rings. The highest BCUT2D eigenvalue weighted by molar-refractivity contribution is 7.91. The molecule has 0 fully saturated rings. The fourth-order valence-corrected chi connectivity index (χ4v) is 5.13. The maximum absolute atomic E-state index is 13.0. The molecule has 0 saturated heterocycles. The number of amides is 2. The van der Waals surface area contributed by atoms with Crippen LogP contribution >= 0.6 is 22.9 Å². The number of halogens is 1. The molecule has 1 aromatic carbocycles. The molecule has 2 rings (SSSR count). The Bertz CT molecular complexity index is 863. The lowest BCUT2D eigenvalue weighted by atomic mass is 10.3. The highest BCUT2D eigenvalue weighted by Crippen LogP contribution is 2.31. The van der Waals surface area contributed by atoms with Gasteiger partial charge in [0.2, 0.25) is 0 Å². The van der Waals surface area contributed by atoms with E-state index in [1.807, 2.05) is 0 Å². The van der Waals surface area contributed by atoms with Crippen molar-refractivity contribution in [3.05, 3.63) is 51.7 Å². The average molecular weight is 415 g/mol. The molecule has 0 aliphatic rings. The van der Waals surface area contributed by atoms with Gasteiger partial charge in [0.25, 0.3) is 0 Å². The van der Waals surface area contributed by atoms with Gasteiger partial charge in [0, 0.05) is 22.5 Å². The summed E-state index contributed by atoms with van der Waals surface area (Å²) in [5.41, 5.74) is 0. The Balaban J connectivity index is 2.24. The van der Waals surface area contributed by atoms with Crippen LogP contribution in [0.3, 0.4) is 0 Å². The van der Waals surface area contributed by atoms with E-state index >= 15 is 0 Å². The first-order valence-electron chi connectivity index (χ1n) is 7.83. The molecule has 1 atom stereocenters.